The van der Waals surface area contributed by atoms with E-state index >= 15 is 0 Å². The van der Waals surface area contributed by atoms with Gasteiger partial charge in [0.25, 0.3) is 0 Å². The Hall–Kier alpha value is -3.98. The number of aliphatic hydroxyl groups is 2. The van der Waals surface area contributed by atoms with E-state index < -0.39 is 23.4 Å². The Kier molecular flexibility index (Phi) is 10.8. The van der Waals surface area contributed by atoms with Gasteiger partial charge in [0.15, 0.2) is 0 Å². The van der Waals surface area contributed by atoms with Gasteiger partial charge in [-0.3, -0.25) is 4.57 Å². The number of nitrogens with one attached hydrogen (secondary N) is 1. The lowest BCUT2D eigenvalue weighted by Gasteiger charge is -2.37. The Balaban J connectivity index is 0.00000205. The molecule has 0 spiro atoms. The highest BCUT2D eigenvalue weighted by molar-refractivity contribution is 5.58. The maximum absolute atomic E-state index is 12.9. The monoisotopic (exact) mass is 531 g/mol. The molecule has 0 aliphatic carbocycles. The van der Waals surface area contributed by atoms with E-state index in [2.05, 4.69) is 10.3 Å². The molecule has 1 aromatic heterocycles. The molecule has 0 aliphatic rings. The summed E-state index contributed by atoms with van der Waals surface area (Å²) in [7, 11) is 3.02. The molecule has 0 amide bonds. The Labute approximate surface area is 229 Å². The van der Waals surface area contributed by atoms with Gasteiger partial charge in [-0.15, -0.1) is 0 Å². The van der Waals surface area contributed by atoms with Crippen LogP contribution in [0.5, 0.6) is 5.75 Å². The molecule has 0 bridgehead atoms. The minimum absolute atomic E-state index is 0.0633. The molecule has 0 saturated heterocycles. The number of aliphatic hydroxyl groups excluding tert-OH is 2. The number of hydrogen-bond donors (Lipinski definition) is 3. The summed E-state index contributed by atoms with van der Waals surface area (Å²) in [6.07, 6.45) is -0.302. The van der Waals surface area contributed by atoms with E-state index in [1.807, 2.05) is 98.8 Å². The smallest absolute Gasteiger partial charge is 0.349 e. The van der Waals surface area contributed by atoms with Gasteiger partial charge in [-0.1, -0.05) is 86.6 Å². The van der Waals surface area contributed by atoms with Crippen molar-refractivity contribution < 1.29 is 19.7 Å². The molecule has 206 valence electrons. The SMILES string of the molecule is CC.COc1ccc(C(Nc2ccn(C[C@H](O)C(CO)OC)c(=O)n2)(c2ccccc2)c2ccccc2)cc1. The van der Waals surface area contributed by atoms with E-state index in [0.717, 1.165) is 22.4 Å². The van der Waals surface area contributed by atoms with Gasteiger partial charge in [0.1, 0.15) is 29.3 Å². The molecule has 3 aromatic carbocycles. The van der Waals surface area contributed by atoms with E-state index in [1.165, 1.54) is 11.7 Å². The first kappa shape index (κ1) is 29.6. The average molecular weight is 532 g/mol. The lowest BCUT2D eigenvalue weighted by Crippen LogP contribution is -2.40. The van der Waals surface area contributed by atoms with Crippen molar-refractivity contribution >= 4 is 5.82 Å². The van der Waals surface area contributed by atoms with Crippen molar-refractivity contribution in [3.8, 4) is 5.75 Å². The highest BCUT2D eigenvalue weighted by Gasteiger charge is 2.37. The van der Waals surface area contributed by atoms with E-state index in [1.54, 1.807) is 19.4 Å². The van der Waals surface area contributed by atoms with Gasteiger partial charge >= 0.3 is 5.69 Å². The number of ether oxygens (including phenoxy) is 2. The van der Waals surface area contributed by atoms with Crippen molar-refractivity contribution in [3.05, 3.63) is 124 Å². The lowest BCUT2D eigenvalue weighted by molar-refractivity contribution is -0.0475. The van der Waals surface area contributed by atoms with Gasteiger partial charge in [0, 0.05) is 13.3 Å². The van der Waals surface area contributed by atoms with Crippen LogP contribution in [0.25, 0.3) is 0 Å². The first-order valence-electron chi connectivity index (χ1n) is 12.9. The molecule has 0 fully saturated rings. The number of benzene rings is 3. The highest BCUT2D eigenvalue weighted by atomic mass is 16.5. The van der Waals surface area contributed by atoms with Crippen molar-refractivity contribution in [1.29, 1.82) is 0 Å². The number of hydrogen-bond acceptors (Lipinski definition) is 7. The number of aromatic nitrogens is 2. The fourth-order valence-electron chi connectivity index (χ4n) is 4.44. The second-order valence-electron chi connectivity index (χ2n) is 8.61. The predicted octanol–water partition coefficient (Wildman–Crippen LogP) is 4.05. The first-order chi connectivity index (χ1) is 19.0. The zero-order valence-electron chi connectivity index (χ0n) is 22.8. The van der Waals surface area contributed by atoms with Crippen LogP contribution in [0.3, 0.4) is 0 Å². The number of anilines is 1. The minimum Gasteiger partial charge on any atom is -0.497 e. The summed E-state index contributed by atoms with van der Waals surface area (Å²) >= 11 is 0. The van der Waals surface area contributed by atoms with E-state index in [9.17, 15) is 15.0 Å². The Morgan fingerprint density at radius 1 is 0.872 bits per heavy atom. The molecule has 4 rings (SSSR count). The van der Waals surface area contributed by atoms with Gasteiger partial charge < -0.3 is 25.0 Å². The van der Waals surface area contributed by atoms with Crippen molar-refractivity contribution in [3.63, 3.8) is 0 Å². The standard InChI is InChI=1S/C29H31N3O5.C2H6/c1-36-24-15-13-23(14-16-24)29(21-9-5-3-6-10-21,22-11-7-4-8-12-22)31-27-17-18-32(28(35)30-27)19-25(34)26(20-33)37-2;1-2/h3-18,25-26,33-34H,19-20H2,1-2H3,(H,30,31,35);1-2H3/t25-,26?;/m0./s1. The molecule has 1 heterocycles. The number of methoxy groups -OCH3 is 2. The first-order valence-corrected chi connectivity index (χ1v) is 12.9. The van der Waals surface area contributed by atoms with Gasteiger partial charge in [0.05, 0.1) is 20.3 Å². The summed E-state index contributed by atoms with van der Waals surface area (Å²) in [5.41, 5.74) is 1.43. The maximum Gasteiger partial charge on any atom is 0.349 e. The molecular formula is C31H37N3O5. The summed E-state index contributed by atoms with van der Waals surface area (Å²) in [6, 6.07) is 29.4. The van der Waals surface area contributed by atoms with Crippen LogP contribution >= 0.6 is 0 Å². The fourth-order valence-corrected chi connectivity index (χ4v) is 4.44. The van der Waals surface area contributed by atoms with Crippen LogP contribution in [-0.2, 0) is 16.8 Å². The number of nitrogens with zero attached hydrogens (tertiary/aromatic N) is 2. The second-order valence-corrected chi connectivity index (χ2v) is 8.61. The van der Waals surface area contributed by atoms with Gasteiger partial charge in [-0.25, -0.2) is 4.79 Å². The molecule has 8 heteroatoms. The third kappa shape index (κ3) is 6.72. The molecule has 0 saturated carbocycles. The molecular weight excluding hydrogens is 494 g/mol. The molecule has 2 atom stereocenters. The van der Waals surface area contributed by atoms with Crippen molar-refractivity contribution in [2.24, 2.45) is 0 Å². The van der Waals surface area contributed by atoms with Crippen LogP contribution in [0.15, 0.2) is 102 Å². The third-order valence-electron chi connectivity index (χ3n) is 6.42. The van der Waals surface area contributed by atoms with E-state index in [0.29, 0.717) is 5.82 Å². The largest absolute Gasteiger partial charge is 0.497 e. The van der Waals surface area contributed by atoms with Crippen LogP contribution in [-0.4, -0.2) is 52.8 Å². The maximum atomic E-state index is 12.9. The van der Waals surface area contributed by atoms with Crippen LogP contribution in [0.4, 0.5) is 5.82 Å². The molecule has 39 heavy (non-hydrogen) atoms. The number of rotatable bonds is 11. The Bertz CT molecular complexity index is 1280. The van der Waals surface area contributed by atoms with Crippen molar-refractivity contribution in [2.75, 3.05) is 26.1 Å². The van der Waals surface area contributed by atoms with E-state index in [-0.39, 0.29) is 13.2 Å². The second kappa shape index (κ2) is 14.2. The average Bonchev–Trinajstić information content (AvgIpc) is 3.00. The Morgan fingerprint density at radius 3 is 1.87 bits per heavy atom. The van der Waals surface area contributed by atoms with Crippen LogP contribution in [0.1, 0.15) is 30.5 Å². The van der Waals surface area contributed by atoms with Crippen LogP contribution in [0.2, 0.25) is 0 Å². The Morgan fingerprint density at radius 2 is 1.41 bits per heavy atom. The van der Waals surface area contributed by atoms with Gasteiger partial charge in [-0.05, 0) is 34.9 Å². The summed E-state index contributed by atoms with van der Waals surface area (Å²) in [5, 5.41) is 23.3. The van der Waals surface area contributed by atoms with Crippen LogP contribution in [0, 0.1) is 0 Å². The summed E-state index contributed by atoms with van der Waals surface area (Å²) in [4.78, 5) is 17.2. The highest BCUT2D eigenvalue weighted by Crippen LogP contribution is 2.40. The molecule has 0 aliphatic heterocycles. The van der Waals surface area contributed by atoms with Gasteiger partial charge in [0.2, 0.25) is 0 Å². The van der Waals surface area contributed by atoms with Gasteiger partial charge in [-0.2, -0.15) is 4.98 Å². The molecule has 8 nitrogen and oxygen atoms in total. The quantitative estimate of drug-likeness (QED) is 0.251. The zero-order chi connectivity index (χ0) is 28.3. The van der Waals surface area contributed by atoms with Crippen LogP contribution < -0.4 is 15.7 Å². The molecule has 4 aromatic rings. The normalized spacial score (nSPS) is 12.6. The minimum atomic E-state index is -1.07. The molecule has 1 unspecified atom stereocenters. The predicted molar refractivity (Wildman–Crippen MR) is 153 cm³/mol. The molecule has 0 radical (unpaired) electrons. The lowest BCUT2D eigenvalue weighted by atomic mass is 9.77. The summed E-state index contributed by atoms with van der Waals surface area (Å²) < 4.78 is 11.7. The topological polar surface area (TPSA) is 106 Å². The fraction of sp³-hybridized carbons (Fsp3) is 0.290. The van der Waals surface area contributed by atoms with Crippen molar-refractivity contribution in [2.45, 2.75) is 38.1 Å². The van der Waals surface area contributed by atoms with Crippen molar-refractivity contribution in [1.82, 2.24) is 9.55 Å². The van der Waals surface area contributed by atoms with E-state index in [4.69, 9.17) is 9.47 Å². The summed E-state index contributed by atoms with van der Waals surface area (Å²) in [6.45, 7) is 3.57. The summed E-state index contributed by atoms with van der Waals surface area (Å²) in [5.74, 6) is 1.10. The molecule has 3 N–H and O–H groups in total. The zero-order valence-corrected chi connectivity index (χ0v) is 22.8. The third-order valence-corrected chi connectivity index (χ3v) is 6.42.